The quantitative estimate of drug-likeness (QED) is 0.593. The molecule has 2 N–H and O–H groups in total. The molecule has 2 amide bonds. The fraction of sp³-hybridized carbons (Fsp3) is 0.526. The van der Waals surface area contributed by atoms with Gasteiger partial charge in [-0.15, -0.1) is 0 Å². The van der Waals surface area contributed by atoms with E-state index in [2.05, 4.69) is 15.6 Å². The molecule has 0 aromatic heterocycles. The predicted octanol–water partition coefficient (Wildman–Crippen LogP) is 0.471. The summed E-state index contributed by atoms with van der Waals surface area (Å²) in [4.78, 5) is 32.4. The Balaban J connectivity index is 1.50. The van der Waals surface area contributed by atoms with Crippen molar-refractivity contribution >= 4 is 17.8 Å². The van der Waals surface area contributed by atoms with Gasteiger partial charge in [0.25, 0.3) is 5.91 Å². The lowest BCUT2D eigenvalue weighted by molar-refractivity contribution is -0.135. The van der Waals surface area contributed by atoms with Gasteiger partial charge in [0, 0.05) is 45.3 Å². The Kier molecular flexibility index (Phi) is 5.75. The number of rotatable bonds is 5. The molecular formula is C19H27N5O2. The molecule has 1 saturated carbocycles. The lowest BCUT2D eigenvalue weighted by Crippen LogP contribution is -2.55. The van der Waals surface area contributed by atoms with Crippen molar-refractivity contribution in [1.82, 2.24) is 20.4 Å². The summed E-state index contributed by atoms with van der Waals surface area (Å²) in [5.41, 5.74) is 1.75. The number of nitrogens with zero attached hydrogens (tertiary/aromatic N) is 3. The summed E-state index contributed by atoms with van der Waals surface area (Å²) in [5.74, 6) is 0.874. The van der Waals surface area contributed by atoms with Crippen molar-refractivity contribution in [2.24, 2.45) is 4.99 Å². The van der Waals surface area contributed by atoms with E-state index in [0.717, 1.165) is 43.9 Å². The Labute approximate surface area is 154 Å². The van der Waals surface area contributed by atoms with Gasteiger partial charge >= 0.3 is 0 Å². The van der Waals surface area contributed by atoms with Crippen LogP contribution in [0.3, 0.4) is 0 Å². The van der Waals surface area contributed by atoms with Crippen LogP contribution in [0.15, 0.2) is 29.3 Å². The first-order valence-electron chi connectivity index (χ1n) is 9.18. The van der Waals surface area contributed by atoms with Crippen molar-refractivity contribution in [1.29, 1.82) is 0 Å². The van der Waals surface area contributed by atoms with Crippen LogP contribution in [0.1, 0.15) is 28.8 Å². The monoisotopic (exact) mass is 357 g/mol. The maximum absolute atomic E-state index is 12.3. The molecule has 1 aliphatic carbocycles. The first-order valence-corrected chi connectivity index (χ1v) is 9.18. The van der Waals surface area contributed by atoms with E-state index >= 15 is 0 Å². The Morgan fingerprint density at radius 2 is 2.12 bits per heavy atom. The predicted molar refractivity (Wildman–Crippen MR) is 101 cm³/mol. The summed E-state index contributed by atoms with van der Waals surface area (Å²) in [6.45, 7) is 2.68. The second kappa shape index (κ2) is 8.21. The smallest absolute Gasteiger partial charge is 0.251 e. The topological polar surface area (TPSA) is 77.0 Å². The third-order valence-electron chi connectivity index (χ3n) is 4.87. The van der Waals surface area contributed by atoms with Crippen LogP contribution in [0.2, 0.25) is 0 Å². The molecule has 0 radical (unpaired) electrons. The summed E-state index contributed by atoms with van der Waals surface area (Å²) in [6.07, 6.45) is 3.07. The zero-order valence-electron chi connectivity index (χ0n) is 15.5. The van der Waals surface area contributed by atoms with Gasteiger partial charge in [-0.3, -0.25) is 14.6 Å². The lowest BCUT2D eigenvalue weighted by atomic mass is 10.1. The van der Waals surface area contributed by atoms with Gasteiger partial charge in [0.2, 0.25) is 5.91 Å². The van der Waals surface area contributed by atoms with Gasteiger partial charge in [-0.1, -0.05) is 12.1 Å². The van der Waals surface area contributed by atoms with Crippen molar-refractivity contribution in [2.45, 2.75) is 25.3 Å². The summed E-state index contributed by atoms with van der Waals surface area (Å²) in [6, 6.07) is 8.09. The highest BCUT2D eigenvalue weighted by Gasteiger charge is 2.36. The van der Waals surface area contributed by atoms with Gasteiger partial charge in [0.15, 0.2) is 5.96 Å². The van der Waals surface area contributed by atoms with Crippen LogP contribution in [0.25, 0.3) is 0 Å². The summed E-state index contributed by atoms with van der Waals surface area (Å²) >= 11 is 0. The summed E-state index contributed by atoms with van der Waals surface area (Å²) in [7, 11) is 3.37. The number of carbonyl (C=O) groups excluding carboxylic acids is 2. The number of carbonyl (C=O) groups is 2. The largest absolute Gasteiger partial charge is 0.356 e. The molecule has 1 aromatic carbocycles. The second-order valence-corrected chi connectivity index (χ2v) is 6.74. The van der Waals surface area contributed by atoms with E-state index in [-0.39, 0.29) is 11.8 Å². The van der Waals surface area contributed by atoms with Crippen LogP contribution in [-0.4, -0.2) is 73.9 Å². The summed E-state index contributed by atoms with van der Waals surface area (Å²) < 4.78 is 0. The minimum atomic E-state index is -0.0809. The number of hydrogen-bond acceptors (Lipinski definition) is 3. The zero-order valence-corrected chi connectivity index (χ0v) is 15.5. The van der Waals surface area contributed by atoms with Gasteiger partial charge in [-0.2, -0.15) is 0 Å². The molecule has 1 heterocycles. The Bertz CT molecular complexity index is 699. The minimum absolute atomic E-state index is 0.0809. The Morgan fingerprint density at radius 3 is 2.77 bits per heavy atom. The van der Waals surface area contributed by atoms with Crippen LogP contribution in [0.5, 0.6) is 0 Å². The minimum Gasteiger partial charge on any atom is -0.356 e. The van der Waals surface area contributed by atoms with Gasteiger partial charge < -0.3 is 20.4 Å². The third-order valence-corrected chi connectivity index (χ3v) is 4.87. The molecule has 0 atom stereocenters. The van der Waals surface area contributed by atoms with Crippen LogP contribution in [-0.2, 0) is 11.2 Å². The van der Waals surface area contributed by atoms with Crippen molar-refractivity contribution in [3.63, 3.8) is 0 Å². The molecule has 0 unspecified atom stereocenters. The third kappa shape index (κ3) is 4.33. The van der Waals surface area contributed by atoms with E-state index in [9.17, 15) is 9.59 Å². The Morgan fingerprint density at radius 1 is 1.31 bits per heavy atom. The molecule has 3 rings (SSSR count). The lowest BCUT2D eigenvalue weighted by Gasteiger charge is -2.36. The zero-order chi connectivity index (χ0) is 18.5. The number of guanidine groups is 1. The molecule has 1 saturated heterocycles. The normalized spacial score (nSPS) is 18.1. The number of amides is 2. The molecule has 26 heavy (non-hydrogen) atoms. The van der Waals surface area contributed by atoms with Crippen molar-refractivity contribution in [2.75, 3.05) is 40.3 Å². The highest BCUT2D eigenvalue weighted by atomic mass is 16.2. The van der Waals surface area contributed by atoms with E-state index in [0.29, 0.717) is 24.7 Å². The van der Waals surface area contributed by atoms with Crippen molar-refractivity contribution in [3.05, 3.63) is 35.4 Å². The molecule has 2 aliphatic rings. The number of piperazine rings is 1. The van der Waals surface area contributed by atoms with Gasteiger partial charge in [0.1, 0.15) is 0 Å². The van der Waals surface area contributed by atoms with Crippen LogP contribution in [0, 0.1) is 0 Å². The first-order chi connectivity index (χ1) is 12.6. The highest BCUT2D eigenvalue weighted by Crippen LogP contribution is 2.27. The van der Waals surface area contributed by atoms with Crippen molar-refractivity contribution in [3.8, 4) is 0 Å². The number of hydrogen-bond donors (Lipinski definition) is 2. The fourth-order valence-electron chi connectivity index (χ4n) is 3.30. The average Bonchev–Trinajstić information content (AvgIpc) is 3.50. The number of nitrogens with one attached hydrogen (secondary N) is 2. The first kappa shape index (κ1) is 18.2. The van der Waals surface area contributed by atoms with Crippen LogP contribution in [0.4, 0.5) is 0 Å². The van der Waals surface area contributed by atoms with Gasteiger partial charge in [-0.25, -0.2) is 0 Å². The average molecular weight is 357 g/mol. The van der Waals surface area contributed by atoms with E-state index in [1.807, 2.05) is 28.0 Å². The van der Waals surface area contributed by atoms with Gasteiger partial charge in [-0.05, 0) is 37.0 Å². The standard InChI is InChI=1S/C19H27N5O2/c1-20-18(26)15-5-3-4-14(12-15)8-9-22-19(21-2)23-10-11-24(16-6-7-16)17(25)13-23/h3-5,12,16H,6-11,13H2,1-2H3,(H,20,26)(H,21,22). The van der Waals surface area contributed by atoms with Crippen LogP contribution < -0.4 is 10.6 Å². The van der Waals surface area contributed by atoms with E-state index in [4.69, 9.17) is 0 Å². The van der Waals surface area contributed by atoms with Crippen molar-refractivity contribution < 1.29 is 9.59 Å². The van der Waals surface area contributed by atoms with Gasteiger partial charge in [0.05, 0.1) is 6.54 Å². The molecule has 0 bridgehead atoms. The number of aliphatic imine (C=N–C) groups is 1. The maximum atomic E-state index is 12.3. The molecule has 7 heteroatoms. The molecule has 1 aromatic rings. The molecule has 1 aliphatic heterocycles. The fourth-order valence-corrected chi connectivity index (χ4v) is 3.30. The molecule has 7 nitrogen and oxygen atoms in total. The molecule has 140 valence electrons. The van der Waals surface area contributed by atoms with E-state index in [1.54, 1.807) is 20.2 Å². The second-order valence-electron chi connectivity index (χ2n) is 6.74. The number of benzene rings is 1. The van der Waals surface area contributed by atoms with Crippen LogP contribution >= 0.6 is 0 Å². The molecular weight excluding hydrogens is 330 g/mol. The SMILES string of the molecule is CN=C(NCCc1cccc(C(=O)NC)c1)N1CCN(C2CC2)C(=O)C1. The van der Waals surface area contributed by atoms with E-state index < -0.39 is 0 Å². The molecule has 0 spiro atoms. The maximum Gasteiger partial charge on any atom is 0.251 e. The highest BCUT2D eigenvalue weighted by molar-refractivity contribution is 5.94. The molecule has 2 fully saturated rings. The summed E-state index contributed by atoms with van der Waals surface area (Å²) in [5, 5.41) is 5.97. The van der Waals surface area contributed by atoms with E-state index in [1.165, 1.54) is 0 Å². The Hall–Kier alpha value is -2.57.